The van der Waals surface area contributed by atoms with Gasteiger partial charge in [0.15, 0.2) is 0 Å². The van der Waals surface area contributed by atoms with Crippen molar-refractivity contribution in [1.29, 1.82) is 0 Å². The molecule has 1 aliphatic heterocycles. The number of amides is 1. The number of anilines is 3. The highest BCUT2D eigenvalue weighted by molar-refractivity contribution is 6.04. The fourth-order valence-electron chi connectivity index (χ4n) is 3.80. The Bertz CT molecular complexity index is 1250. The molecule has 1 aromatic heterocycles. The van der Waals surface area contributed by atoms with E-state index >= 15 is 0 Å². The van der Waals surface area contributed by atoms with E-state index < -0.39 is 28.6 Å². The SMILES string of the molecule is CCC(C)(C)[C@@H](Nc1c(Nc2c(F)ccc3c2C(=O)NC3)c(=O)c1=O)c1ccc(C)o1. The van der Waals surface area contributed by atoms with Gasteiger partial charge < -0.3 is 20.4 Å². The molecule has 1 aliphatic rings. The topological polar surface area (TPSA) is 100 Å². The third-order valence-corrected chi connectivity index (χ3v) is 6.09. The molecule has 1 atom stereocenters. The quantitative estimate of drug-likeness (QED) is 0.497. The van der Waals surface area contributed by atoms with Gasteiger partial charge in [-0.2, -0.15) is 0 Å². The first kappa shape index (κ1) is 20.8. The zero-order valence-electron chi connectivity index (χ0n) is 17.8. The lowest BCUT2D eigenvalue weighted by atomic mass is 9.80. The second kappa shape index (κ2) is 7.37. The van der Waals surface area contributed by atoms with Crippen LogP contribution in [-0.2, 0) is 6.54 Å². The van der Waals surface area contributed by atoms with Gasteiger partial charge in [0.1, 0.15) is 28.7 Å². The van der Waals surface area contributed by atoms with Gasteiger partial charge in [0.25, 0.3) is 16.8 Å². The van der Waals surface area contributed by atoms with Crippen molar-refractivity contribution in [1.82, 2.24) is 5.32 Å². The van der Waals surface area contributed by atoms with Crippen LogP contribution in [0.2, 0.25) is 0 Å². The van der Waals surface area contributed by atoms with Gasteiger partial charge in [-0.05, 0) is 42.5 Å². The molecule has 0 bridgehead atoms. The Balaban J connectivity index is 1.73. The summed E-state index contributed by atoms with van der Waals surface area (Å²) in [4.78, 5) is 36.9. The van der Waals surface area contributed by atoms with E-state index in [1.165, 1.54) is 12.1 Å². The maximum absolute atomic E-state index is 14.6. The minimum atomic E-state index is -0.762. The summed E-state index contributed by atoms with van der Waals surface area (Å²) in [6.07, 6.45) is 0.767. The maximum Gasteiger partial charge on any atom is 0.254 e. The van der Waals surface area contributed by atoms with Crippen LogP contribution in [-0.4, -0.2) is 5.91 Å². The van der Waals surface area contributed by atoms with Gasteiger partial charge >= 0.3 is 0 Å². The molecule has 2 heterocycles. The number of nitrogens with one attached hydrogen (secondary N) is 3. The van der Waals surface area contributed by atoms with Crippen LogP contribution in [0, 0.1) is 18.2 Å². The van der Waals surface area contributed by atoms with Crippen molar-refractivity contribution >= 4 is 23.0 Å². The minimum Gasteiger partial charge on any atom is -0.464 e. The maximum atomic E-state index is 14.6. The first-order chi connectivity index (χ1) is 14.6. The molecule has 3 N–H and O–H groups in total. The molecule has 4 rings (SSSR count). The van der Waals surface area contributed by atoms with Gasteiger partial charge in [0.2, 0.25) is 0 Å². The number of rotatable bonds is 7. The number of benzene rings is 1. The van der Waals surface area contributed by atoms with Gasteiger partial charge in [0, 0.05) is 6.54 Å². The van der Waals surface area contributed by atoms with Gasteiger partial charge in [0.05, 0.1) is 17.3 Å². The summed E-state index contributed by atoms with van der Waals surface area (Å²) in [5, 5.41) is 8.51. The molecule has 7 nitrogen and oxygen atoms in total. The number of aryl methyl sites for hydroxylation is 1. The van der Waals surface area contributed by atoms with Crippen molar-refractivity contribution in [2.75, 3.05) is 10.6 Å². The highest BCUT2D eigenvalue weighted by Crippen LogP contribution is 2.41. The lowest BCUT2D eigenvalue weighted by molar-refractivity contribution is 0.0966. The molecule has 31 heavy (non-hydrogen) atoms. The van der Waals surface area contributed by atoms with Crippen LogP contribution in [0.5, 0.6) is 0 Å². The van der Waals surface area contributed by atoms with E-state index in [4.69, 9.17) is 4.42 Å². The number of fused-ring (bicyclic) bond motifs is 1. The summed E-state index contributed by atoms with van der Waals surface area (Å²) in [6, 6.07) is 6.02. The van der Waals surface area contributed by atoms with E-state index in [1.54, 1.807) is 0 Å². The normalized spacial score (nSPS) is 14.4. The number of hydrogen-bond donors (Lipinski definition) is 3. The van der Waals surface area contributed by atoms with Crippen molar-refractivity contribution < 1.29 is 13.6 Å². The summed E-state index contributed by atoms with van der Waals surface area (Å²) in [5.74, 6) is 0.252. The molecule has 0 fully saturated rings. The van der Waals surface area contributed by atoms with E-state index in [-0.39, 0.29) is 34.6 Å². The number of hydrogen-bond acceptors (Lipinski definition) is 6. The van der Waals surface area contributed by atoms with Crippen LogP contribution in [0.4, 0.5) is 21.5 Å². The molecule has 0 saturated carbocycles. The fourth-order valence-corrected chi connectivity index (χ4v) is 3.80. The molecular weight excluding hydrogens is 401 g/mol. The molecule has 2 aromatic carbocycles. The third kappa shape index (κ3) is 3.41. The van der Waals surface area contributed by atoms with Crippen molar-refractivity contribution in [3.8, 4) is 0 Å². The first-order valence-corrected chi connectivity index (χ1v) is 10.2. The summed E-state index contributed by atoms with van der Waals surface area (Å²) in [6.45, 7) is 8.18. The Morgan fingerprint density at radius 3 is 2.45 bits per heavy atom. The van der Waals surface area contributed by atoms with Crippen LogP contribution < -0.4 is 26.8 Å². The Labute approximate surface area is 178 Å². The summed E-state index contributed by atoms with van der Waals surface area (Å²) < 4.78 is 20.4. The molecule has 0 spiro atoms. The van der Waals surface area contributed by atoms with Crippen LogP contribution in [0.3, 0.4) is 0 Å². The zero-order valence-corrected chi connectivity index (χ0v) is 17.8. The second-order valence-corrected chi connectivity index (χ2v) is 8.54. The smallest absolute Gasteiger partial charge is 0.254 e. The molecule has 1 amide bonds. The van der Waals surface area contributed by atoms with E-state index in [0.29, 0.717) is 11.3 Å². The highest BCUT2D eigenvalue weighted by Gasteiger charge is 2.35. The highest BCUT2D eigenvalue weighted by atomic mass is 19.1. The van der Waals surface area contributed by atoms with Gasteiger partial charge in [-0.1, -0.05) is 26.8 Å². The van der Waals surface area contributed by atoms with Crippen LogP contribution in [0.1, 0.15) is 60.7 Å². The van der Waals surface area contributed by atoms with E-state index in [1.807, 2.05) is 39.8 Å². The average molecular weight is 425 g/mol. The molecule has 8 heteroatoms. The Kier molecular flexibility index (Phi) is 4.95. The van der Waals surface area contributed by atoms with Crippen molar-refractivity contribution in [3.05, 3.63) is 73.2 Å². The van der Waals surface area contributed by atoms with E-state index in [0.717, 1.165) is 12.2 Å². The van der Waals surface area contributed by atoms with Crippen molar-refractivity contribution in [2.45, 2.75) is 46.7 Å². The molecule has 0 unspecified atom stereocenters. The molecule has 162 valence electrons. The van der Waals surface area contributed by atoms with Crippen LogP contribution in [0.25, 0.3) is 0 Å². The Morgan fingerprint density at radius 2 is 1.81 bits per heavy atom. The number of furan rings is 1. The molecule has 0 aliphatic carbocycles. The van der Waals surface area contributed by atoms with Gasteiger partial charge in [-0.15, -0.1) is 0 Å². The fraction of sp³-hybridized carbons (Fsp3) is 0.348. The zero-order chi connectivity index (χ0) is 22.5. The molecule has 3 aromatic rings. The lowest BCUT2D eigenvalue weighted by Gasteiger charge is -2.34. The van der Waals surface area contributed by atoms with Crippen LogP contribution in [0.15, 0.2) is 38.3 Å². The summed E-state index contributed by atoms with van der Waals surface area (Å²) in [7, 11) is 0. The number of carbonyl (C=O) groups is 1. The van der Waals surface area contributed by atoms with E-state index in [9.17, 15) is 18.8 Å². The predicted octanol–water partition coefficient (Wildman–Crippen LogP) is 3.90. The van der Waals surface area contributed by atoms with Gasteiger partial charge in [-0.25, -0.2) is 4.39 Å². The largest absolute Gasteiger partial charge is 0.464 e. The molecule has 0 saturated heterocycles. The Hall–Kier alpha value is -3.42. The standard InChI is InChI=1S/C23H24FN3O4/c1-5-23(3,4)21(14-9-6-11(2)31-14)27-18-17(19(28)20(18)29)26-16-13(24)8-7-12-10-25-22(30)15(12)16/h6-9,21,26-27H,5,10H2,1-4H3,(H,25,30)/t21-/m0/s1. The first-order valence-electron chi connectivity index (χ1n) is 10.2. The van der Waals surface area contributed by atoms with Crippen LogP contribution >= 0.6 is 0 Å². The monoisotopic (exact) mass is 425 g/mol. The lowest BCUT2D eigenvalue weighted by Crippen LogP contribution is -2.40. The number of halogens is 1. The van der Waals surface area contributed by atoms with Gasteiger partial charge in [-0.3, -0.25) is 14.4 Å². The third-order valence-electron chi connectivity index (χ3n) is 6.09. The number of carbonyl (C=O) groups excluding carboxylic acids is 1. The second-order valence-electron chi connectivity index (χ2n) is 8.54. The molecular formula is C23H24FN3O4. The van der Waals surface area contributed by atoms with E-state index in [2.05, 4.69) is 16.0 Å². The predicted molar refractivity (Wildman–Crippen MR) is 116 cm³/mol. The van der Waals surface area contributed by atoms with Crippen molar-refractivity contribution in [2.24, 2.45) is 5.41 Å². The minimum absolute atomic E-state index is 0.0565. The summed E-state index contributed by atoms with van der Waals surface area (Å²) in [5.41, 5.74) is -1.12. The average Bonchev–Trinajstić information content (AvgIpc) is 3.33. The van der Waals surface area contributed by atoms with Crippen molar-refractivity contribution in [3.63, 3.8) is 0 Å². The summed E-state index contributed by atoms with van der Waals surface area (Å²) >= 11 is 0. The Morgan fingerprint density at radius 1 is 1.10 bits per heavy atom. The molecule has 0 radical (unpaired) electrons.